The van der Waals surface area contributed by atoms with Crippen LogP contribution in [0, 0.1) is 33.8 Å². The molecule has 6 atom stereocenters. The fourth-order valence-electron chi connectivity index (χ4n) is 8.93. The molecule has 1 N–H and O–H groups in total. The molecule has 6 unspecified atom stereocenters. The van der Waals surface area contributed by atoms with E-state index in [1.807, 2.05) is 42.5 Å². The van der Waals surface area contributed by atoms with E-state index in [1.54, 1.807) is 48.5 Å². The molecule has 4 aliphatic rings. The molecule has 0 spiro atoms. The van der Waals surface area contributed by atoms with Crippen molar-refractivity contribution in [2.75, 3.05) is 4.90 Å². The number of benzene rings is 4. The highest BCUT2D eigenvalue weighted by Crippen LogP contribution is 2.64. The number of rotatable bonds is 5. The predicted octanol–water partition coefficient (Wildman–Crippen LogP) is 6.33. The lowest BCUT2D eigenvalue weighted by atomic mass is 9.44. The number of aromatic hydroxyl groups is 1. The Morgan fingerprint density at radius 2 is 1.43 bits per heavy atom. The zero-order chi connectivity index (χ0) is 34.0. The Morgan fingerprint density at radius 3 is 2.10 bits per heavy atom. The van der Waals surface area contributed by atoms with Crippen LogP contribution in [0.1, 0.15) is 35.4 Å². The van der Waals surface area contributed by atoms with Crippen LogP contribution < -0.4 is 4.90 Å². The Hall–Kier alpha value is -5.96. The van der Waals surface area contributed by atoms with Gasteiger partial charge in [-0.2, -0.15) is 0 Å². The molecule has 3 aliphatic carbocycles. The average Bonchev–Trinajstić information content (AvgIpc) is 3.39. The van der Waals surface area contributed by atoms with Crippen molar-refractivity contribution in [1.29, 1.82) is 0 Å². The van der Waals surface area contributed by atoms with Crippen molar-refractivity contribution in [3.05, 3.63) is 154 Å². The van der Waals surface area contributed by atoms with Crippen LogP contribution in [0.15, 0.2) is 127 Å². The van der Waals surface area contributed by atoms with Gasteiger partial charge in [0.15, 0.2) is 11.6 Å². The molecular formula is C40H30N2O7. The zero-order valence-electron chi connectivity index (χ0n) is 26.1. The summed E-state index contributed by atoms with van der Waals surface area (Å²) in [7, 11) is 0. The number of hydrogen-bond donors (Lipinski definition) is 1. The minimum absolute atomic E-state index is 0.0374. The van der Waals surface area contributed by atoms with Crippen molar-refractivity contribution in [3.8, 4) is 5.75 Å². The summed E-state index contributed by atoms with van der Waals surface area (Å²) in [5.74, 6) is -5.29. The molecule has 1 saturated carbocycles. The van der Waals surface area contributed by atoms with Crippen molar-refractivity contribution < 1.29 is 29.2 Å². The Kier molecular flexibility index (Phi) is 7.03. The summed E-state index contributed by atoms with van der Waals surface area (Å²) in [5, 5.41) is 22.7. The number of carbonyl (C=O) groups is 4. The van der Waals surface area contributed by atoms with Gasteiger partial charge in [-0.05, 0) is 54.2 Å². The van der Waals surface area contributed by atoms with Crippen LogP contribution >= 0.6 is 0 Å². The SMILES string of the molecule is O=C1C(c2ccccc2)=CC(=O)C2(c3ccccc3)C1CC1C(=CCC3C(=O)N(c4ccc([N+](=O)[O-])cc4)C(=O)C31)C2c1ccccc1O. The van der Waals surface area contributed by atoms with Crippen LogP contribution in [0.2, 0.25) is 0 Å². The maximum Gasteiger partial charge on any atom is 0.269 e. The number of nitro benzene ring substituents is 1. The van der Waals surface area contributed by atoms with Crippen molar-refractivity contribution in [2.24, 2.45) is 23.7 Å². The average molecular weight is 651 g/mol. The molecule has 2 fully saturated rings. The number of anilines is 1. The molecule has 0 radical (unpaired) electrons. The van der Waals surface area contributed by atoms with E-state index >= 15 is 0 Å². The Balaban J connectivity index is 1.33. The fraction of sp³-hybridized carbons (Fsp3) is 0.200. The quantitative estimate of drug-likeness (QED) is 0.115. The van der Waals surface area contributed by atoms with Gasteiger partial charge in [-0.15, -0.1) is 0 Å². The smallest absolute Gasteiger partial charge is 0.269 e. The largest absolute Gasteiger partial charge is 0.508 e. The summed E-state index contributed by atoms with van der Waals surface area (Å²) < 4.78 is 0. The van der Waals surface area contributed by atoms with Crippen molar-refractivity contribution in [3.63, 3.8) is 0 Å². The van der Waals surface area contributed by atoms with E-state index < -0.39 is 51.7 Å². The van der Waals surface area contributed by atoms with Crippen molar-refractivity contribution >= 4 is 40.3 Å². The van der Waals surface area contributed by atoms with Crippen LogP contribution in [0.3, 0.4) is 0 Å². The summed E-state index contributed by atoms with van der Waals surface area (Å²) in [6.07, 6.45) is 3.73. The Morgan fingerprint density at radius 1 is 0.776 bits per heavy atom. The monoisotopic (exact) mass is 650 g/mol. The Labute approximate surface area is 281 Å². The van der Waals surface area contributed by atoms with E-state index in [0.717, 1.165) is 10.5 Å². The molecular weight excluding hydrogens is 620 g/mol. The van der Waals surface area contributed by atoms with Crippen LogP contribution in [0.25, 0.3) is 5.57 Å². The second-order valence-corrected chi connectivity index (χ2v) is 13.1. The first-order valence-corrected chi connectivity index (χ1v) is 16.2. The molecule has 2 amide bonds. The minimum atomic E-state index is -1.44. The lowest BCUT2D eigenvalue weighted by molar-refractivity contribution is -0.384. The third-order valence-corrected chi connectivity index (χ3v) is 10.9. The van der Waals surface area contributed by atoms with Gasteiger partial charge in [-0.3, -0.25) is 34.2 Å². The van der Waals surface area contributed by atoms with Gasteiger partial charge in [-0.25, -0.2) is 0 Å². The highest BCUT2D eigenvalue weighted by molar-refractivity contribution is 6.32. The Bertz CT molecular complexity index is 2120. The third kappa shape index (κ3) is 4.38. The number of fused-ring (bicyclic) bond motifs is 4. The molecule has 0 bridgehead atoms. The number of para-hydroxylation sites is 1. The molecule has 4 aromatic rings. The third-order valence-electron chi connectivity index (χ3n) is 10.9. The number of hydrogen-bond acceptors (Lipinski definition) is 7. The number of allylic oxidation sites excluding steroid dienone is 4. The van der Waals surface area contributed by atoms with Gasteiger partial charge in [0.2, 0.25) is 11.8 Å². The highest BCUT2D eigenvalue weighted by atomic mass is 16.6. The molecule has 1 aliphatic heterocycles. The van der Waals surface area contributed by atoms with E-state index in [-0.39, 0.29) is 41.5 Å². The van der Waals surface area contributed by atoms with Gasteiger partial charge >= 0.3 is 0 Å². The van der Waals surface area contributed by atoms with Crippen LogP contribution in [0.4, 0.5) is 11.4 Å². The number of Topliss-reactive ketones (excluding diaryl/α,β-unsaturated/α-hetero) is 1. The second-order valence-electron chi connectivity index (χ2n) is 13.1. The first-order valence-electron chi connectivity index (χ1n) is 16.2. The number of non-ortho nitro benzene ring substituents is 1. The van der Waals surface area contributed by atoms with E-state index in [9.17, 15) is 34.4 Å². The number of ketones is 2. The normalized spacial score (nSPS) is 27.5. The number of carbonyl (C=O) groups excluding carboxylic acids is 4. The van der Waals surface area contributed by atoms with Crippen LogP contribution in [0.5, 0.6) is 5.75 Å². The summed E-state index contributed by atoms with van der Waals surface area (Å²) >= 11 is 0. The van der Waals surface area contributed by atoms with E-state index in [2.05, 4.69) is 0 Å². The van der Waals surface area contributed by atoms with Gasteiger partial charge in [0.1, 0.15) is 5.75 Å². The van der Waals surface area contributed by atoms with Gasteiger partial charge in [0.25, 0.3) is 5.69 Å². The summed E-state index contributed by atoms with van der Waals surface area (Å²) in [6.45, 7) is 0. The van der Waals surface area contributed by atoms with Crippen molar-refractivity contribution in [2.45, 2.75) is 24.2 Å². The van der Waals surface area contributed by atoms with Gasteiger partial charge in [0.05, 0.1) is 27.9 Å². The molecule has 0 aromatic heterocycles. The maximum atomic E-state index is 15.0. The van der Waals surface area contributed by atoms with Crippen LogP contribution in [-0.4, -0.2) is 33.4 Å². The molecule has 8 rings (SSSR count). The van der Waals surface area contributed by atoms with Crippen molar-refractivity contribution in [1.82, 2.24) is 0 Å². The number of phenols is 1. The lowest BCUT2D eigenvalue weighted by Gasteiger charge is -2.55. The second kappa shape index (κ2) is 11.3. The van der Waals surface area contributed by atoms with Crippen LogP contribution in [-0.2, 0) is 24.6 Å². The minimum Gasteiger partial charge on any atom is -0.508 e. The summed E-state index contributed by atoms with van der Waals surface area (Å²) in [6, 6.07) is 30.3. The molecule has 1 heterocycles. The summed E-state index contributed by atoms with van der Waals surface area (Å²) in [5.41, 5.74) is 1.38. The summed E-state index contributed by atoms with van der Waals surface area (Å²) in [4.78, 5) is 70.1. The number of imide groups is 1. The number of phenolic OH excluding ortho intramolecular Hbond substituents is 1. The molecule has 4 aromatic carbocycles. The lowest BCUT2D eigenvalue weighted by Crippen LogP contribution is -2.58. The fourth-order valence-corrected chi connectivity index (χ4v) is 8.93. The number of nitrogens with zero attached hydrogens (tertiary/aromatic N) is 2. The molecule has 9 heteroatoms. The van der Waals surface area contributed by atoms with E-state index in [1.165, 1.54) is 30.3 Å². The first kappa shape index (κ1) is 30.4. The molecule has 9 nitrogen and oxygen atoms in total. The molecule has 242 valence electrons. The molecule has 49 heavy (non-hydrogen) atoms. The topological polar surface area (TPSA) is 135 Å². The van der Waals surface area contributed by atoms with Gasteiger partial charge < -0.3 is 5.11 Å². The standard InChI is InChI=1S/C40H30N2O7/c43-33-14-8-7-13-28(33)36-27-19-20-29-35(39(47)41(38(29)46)25-15-17-26(18-16-25)42(48)49)31(27)21-32-37(45)30(23-9-3-1-4-10-23)22-34(44)40(32,36)24-11-5-2-6-12-24/h1-19,22,29,31-32,35-36,43H,20-21H2. The zero-order valence-corrected chi connectivity index (χ0v) is 26.1. The first-order chi connectivity index (χ1) is 23.7. The van der Waals surface area contributed by atoms with Gasteiger partial charge in [0, 0.05) is 35.1 Å². The van der Waals surface area contributed by atoms with E-state index in [4.69, 9.17) is 0 Å². The predicted molar refractivity (Wildman–Crippen MR) is 180 cm³/mol. The number of nitro groups is 1. The number of amides is 2. The highest BCUT2D eigenvalue weighted by Gasteiger charge is 2.66. The van der Waals surface area contributed by atoms with E-state index in [0.29, 0.717) is 22.3 Å². The maximum absolute atomic E-state index is 15.0. The molecule has 1 saturated heterocycles. The van der Waals surface area contributed by atoms with Gasteiger partial charge in [-0.1, -0.05) is 90.5 Å².